The van der Waals surface area contributed by atoms with Crippen LogP contribution < -0.4 is 4.74 Å². The number of ether oxygens (including phenoxy) is 1. The Balaban J connectivity index is 0.000000956. The predicted octanol–water partition coefficient (Wildman–Crippen LogP) is 5.11. The lowest BCUT2D eigenvalue weighted by Crippen LogP contribution is -1.93. The first-order valence-electron chi connectivity index (χ1n) is 6.32. The molecule has 0 N–H and O–H groups in total. The number of aryl methyl sites for hydroxylation is 1. The molecule has 0 amide bonds. The molecule has 0 unspecified atom stereocenters. The smallest absolute Gasteiger partial charge is 0.131 e. The maximum Gasteiger partial charge on any atom is 0.131 e. The number of methoxy groups -OCH3 is 1. The fourth-order valence-electron chi connectivity index (χ4n) is 1.80. The van der Waals surface area contributed by atoms with Gasteiger partial charge in [0.25, 0.3) is 0 Å². The summed E-state index contributed by atoms with van der Waals surface area (Å²) in [6.45, 7) is 5.69. The normalized spacial score (nSPS) is 9.75. The molecular formula is C16H17F3O. The van der Waals surface area contributed by atoms with E-state index in [-0.39, 0.29) is 11.1 Å². The Morgan fingerprint density at radius 2 is 1.40 bits per heavy atom. The maximum absolute atomic E-state index is 13.8. The van der Waals surface area contributed by atoms with Crippen LogP contribution in [0.3, 0.4) is 0 Å². The highest BCUT2D eigenvalue weighted by Gasteiger charge is 2.11. The van der Waals surface area contributed by atoms with Gasteiger partial charge in [-0.05, 0) is 42.3 Å². The molecule has 4 heteroatoms. The summed E-state index contributed by atoms with van der Waals surface area (Å²) in [7, 11) is 1.45. The molecule has 0 aliphatic rings. The second-order valence-corrected chi connectivity index (χ2v) is 3.96. The van der Waals surface area contributed by atoms with E-state index in [1.165, 1.54) is 19.2 Å². The van der Waals surface area contributed by atoms with Crippen molar-refractivity contribution < 1.29 is 17.9 Å². The second-order valence-electron chi connectivity index (χ2n) is 3.96. The van der Waals surface area contributed by atoms with E-state index in [2.05, 4.69) is 0 Å². The first-order valence-corrected chi connectivity index (χ1v) is 6.32. The summed E-state index contributed by atoms with van der Waals surface area (Å²) in [5.74, 6) is -1.57. The summed E-state index contributed by atoms with van der Waals surface area (Å²) in [5, 5.41) is 0. The molecule has 0 saturated heterocycles. The molecule has 2 rings (SSSR count). The maximum atomic E-state index is 13.8. The second kappa shape index (κ2) is 6.98. The van der Waals surface area contributed by atoms with Crippen molar-refractivity contribution in [2.45, 2.75) is 20.8 Å². The van der Waals surface area contributed by atoms with Gasteiger partial charge in [-0.25, -0.2) is 13.2 Å². The molecule has 0 fully saturated rings. The molecule has 2 aromatic rings. The molecule has 0 aliphatic carbocycles. The number of benzene rings is 2. The highest BCUT2D eigenvalue weighted by atomic mass is 19.1. The Hall–Kier alpha value is -1.97. The van der Waals surface area contributed by atoms with Gasteiger partial charge in [0.05, 0.1) is 7.11 Å². The van der Waals surface area contributed by atoms with Crippen LogP contribution in [0.25, 0.3) is 11.1 Å². The molecule has 0 radical (unpaired) electrons. The molecular weight excluding hydrogens is 265 g/mol. The third kappa shape index (κ3) is 3.53. The molecule has 0 heterocycles. The number of hydrogen-bond donors (Lipinski definition) is 0. The van der Waals surface area contributed by atoms with Crippen molar-refractivity contribution in [2.75, 3.05) is 7.11 Å². The molecule has 0 bridgehead atoms. The fraction of sp³-hybridized carbons (Fsp3) is 0.250. The Morgan fingerprint density at radius 3 is 1.90 bits per heavy atom. The number of halogens is 3. The van der Waals surface area contributed by atoms with E-state index < -0.39 is 17.5 Å². The molecule has 0 aromatic heterocycles. The SMILES string of the molecule is CC.COc1cc(-c2cc(F)cc(F)c2)c(F)cc1C. The molecule has 1 nitrogen and oxygen atoms in total. The molecule has 2 aromatic carbocycles. The average Bonchev–Trinajstić information content (AvgIpc) is 2.40. The van der Waals surface area contributed by atoms with Crippen LogP contribution in [0.15, 0.2) is 30.3 Å². The summed E-state index contributed by atoms with van der Waals surface area (Å²) in [6.07, 6.45) is 0. The minimum atomic E-state index is -0.746. The van der Waals surface area contributed by atoms with Crippen LogP contribution in [0, 0.1) is 24.4 Å². The summed E-state index contributed by atoms with van der Waals surface area (Å²) in [5.41, 5.74) is 0.870. The lowest BCUT2D eigenvalue weighted by molar-refractivity contribution is 0.410. The molecule has 0 saturated carbocycles. The van der Waals surface area contributed by atoms with Gasteiger partial charge in [0.1, 0.15) is 23.2 Å². The Labute approximate surface area is 117 Å². The zero-order chi connectivity index (χ0) is 15.3. The van der Waals surface area contributed by atoms with Gasteiger partial charge in [-0.3, -0.25) is 0 Å². The van der Waals surface area contributed by atoms with Gasteiger partial charge in [0, 0.05) is 11.6 Å². The van der Waals surface area contributed by atoms with Crippen LogP contribution in [0.1, 0.15) is 19.4 Å². The highest BCUT2D eigenvalue weighted by Crippen LogP contribution is 2.30. The Kier molecular flexibility index (Phi) is 5.62. The zero-order valence-corrected chi connectivity index (χ0v) is 11.9. The number of rotatable bonds is 2. The molecule has 0 atom stereocenters. The lowest BCUT2D eigenvalue weighted by atomic mass is 10.0. The zero-order valence-electron chi connectivity index (χ0n) is 11.9. The van der Waals surface area contributed by atoms with E-state index in [0.717, 1.165) is 18.2 Å². The minimum absolute atomic E-state index is 0.107. The van der Waals surface area contributed by atoms with Gasteiger partial charge in [-0.15, -0.1) is 0 Å². The first-order chi connectivity index (χ1) is 9.51. The standard InChI is InChI=1S/C14H11F3O.C2H6/c1-8-3-13(17)12(7-14(8)18-2)9-4-10(15)6-11(16)5-9;1-2/h3-7H,1-2H3;1-2H3. The lowest BCUT2D eigenvalue weighted by Gasteiger charge is -2.09. The molecule has 20 heavy (non-hydrogen) atoms. The van der Waals surface area contributed by atoms with Crippen molar-refractivity contribution in [2.24, 2.45) is 0 Å². The van der Waals surface area contributed by atoms with E-state index in [1.54, 1.807) is 6.92 Å². The third-order valence-electron chi connectivity index (χ3n) is 2.66. The number of hydrogen-bond acceptors (Lipinski definition) is 1. The van der Waals surface area contributed by atoms with Crippen molar-refractivity contribution in [3.63, 3.8) is 0 Å². The van der Waals surface area contributed by atoms with Crippen LogP contribution in [0.2, 0.25) is 0 Å². The van der Waals surface area contributed by atoms with Gasteiger partial charge in [0.15, 0.2) is 0 Å². The van der Waals surface area contributed by atoms with Crippen LogP contribution in [0.5, 0.6) is 5.75 Å². The molecule has 0 spiro atoms. The Morgan fingerprint density at radius 1 is 0.850 bits per heavy atom. The van der Waals surface area contributed by atoms with Gasteiger partial charge in [-0.1, -0.05) is 13.8 Å². The monoisotopic (exact) mass is 282 g/mol. The fourth-order valence-corrected chi connectivity index (χ4v) is 1.80. The summed E-state index contributed by atoms with van der Waals surface area (Å²) < 4.78 is 45.1. The first kappa shape index (κ1) is 16.1. The van der Waals surface area contributed by atoms with E-state index in [4.69, 9.17) is 4.74 Å². The van der Waals surface area contributed by atoms with Crippen molar-refractivity contribution in [3.05, 3.63) is 53.3 Å². The van der Waals surface area contributed by atoms with Crippen molar-refractivity contribution in [1.29, 1.82) is 0 Å². The van der Waals surface area contributed by atoms with E-state index in [1.807, 2.05) is 13.8 Å². The Bertz CT molecular complexity index is 574. The minimum Gasteiger partial charge on any atom is -0.496 e. The van der Waals surface area contributed by atoms with Gasteiger partial charge in [0.2, 0.25) is 0 Å². The third-order valence-corrected chi connectivity index (χ3v) is 2.66. The highest BCUT2D eigenvalue weighted by molar-refractivity contribution is 5.67. The average molecular weight is 282 g/mol. The van der Waals surface area contributed by atoms with Crippen LogP contribution in [-0.4, -0.2) is 7.11 Å². The van der Waals surface area contributed by atoms with Crippen molar-refractivity contribution >= 4 is 0 Å². The van der Waals surface area contributed by atoms with Gasteiger partial charge < -0.3 is 4.74 Å². The van der Waals surface area contributed by atoms with Crippen LogP contribution in [-0.2, 0) is 0 Å². The van der Waals surface area contributed by atoms with E-state index in [9.17, 15) is 13.2 Å². The summed E-state index contributed by atoms with van der Waals surface area (Å²) in [4.78, 5) is 0. The van der Waals surface area contributed by atoms with E-state index >= 15 is 0 Å². The van der Waals surface area contributed by atoms with Crippen molar-refractivity contribution in [1.82, 2.24) is 0 Å². The summed E-state index contributed by atoms with van der Waals surface area (Å²) >= 11 is 0. The van der Waals surface area contributed by atoms with E-state index in [0.29, 0.717) is 11.3 Å². The topological polar surface area (TPSA) is 9.23 Å². The van der Waals surface area contributed by atoms with Gasteiger partial charge in [-0.2, -0.15) is 0 Å². The van der Waals surface area contributed by atoms with Gasteiger partial charge >= 0.3 is 0 Å². The summed E-state index contributed by atoms with van der Waals surface area (Å²) in [6, 6.07) is 5.61. The molecule has 108 valence electrons. The molecule has 0 aliphatic heterocycles. The van der Waals surface area contributed by atoms with Crippen molar-refractivity contribution in [3.8, 4) is 16.9 Å². The predicted molar refractivity (Wildman–Crippen MR) is 74.4 cm³/mol. The van der Waals surface area contributed by atoms with Crippen LogP contribution in [0.4, 0.5) is 13.2 Å². The van der Waals surface area contributed by atoms with Crippen LogP contribution >= 0.6 is 0 Å². The quantitative estimate of drug-likeness (QED) is 0.743. The largest absolute Gasteiger partial charge is 0.496 e.